The molecule has 0 aliphatic rings. The second-order valence-corrected chi connectivity index (χ2v) is 5.48. The Bertz CT molecular complexity index is 603. The van der Waals surface area contributed by atoms with Crippen molar-refractivity contribution in [3.05, 3.63) is 35.4 Å². The molecule has 1 unspecified atom stereocenters. The first-order chi connectivity index (χ1) is 11.4. The number of halogens is 1. The molecule has 7 heteroatoms. The molecular formula is C17H22ClNO5. The van der Waals surface area contributed by atoms with Gasteiger partial charge in [0.05, 0.1) is 18.7 Å². The van der Waals surface area contributed by atoms with E-state index in [1.165, 1.54) is 19.2 Å². The predicted molar refractivity (Wildman–Crippen MR) is 92.1 cm³/mol. The summed E-state index contributed by atoms with van der Waals surface area (Å²) in [4.78, 5) is 23.5. The van der Waals surface area contributed by atoms with Crippen LogP contribution in [0.2, 0.25) is 5.02 Å². The highest BCUT2D eigenvalue weighted by Gasteiger charge is 2.22. The Morgan fingerprint density at radius 2 is 2.17 bits per heavy atom. The summed E-state index contributed by atoms with van der Waals surface area (Å²) in [5, 5.41) is 11.9. The molecule has 0 spiro atoms. The first kappa shape index (κ1) is 19.8. The normalized spacial score (nSPS) is 11.5. The molecule has 1 aromatic carbocycles. The largest absolute Gasteiger partial charge is 0.493 e. The summed E-state index contributed by atoms with van der Waals surface area (Å²) in [5.74, 6) is -0.974. The molecule has 1 amide bonds. The molecule has 0 aromatic heterocycles. The molecule has 0 fully saturated rings. The van der Waals surface area contributed by atoms with Crippen LogP contribution in [0.3, 0.4) is 0 Å². The van der Waals surface area contributed by atoms with E-state index in [1.54, 1.807) is 6.08 Å². The minimum atomic E-state index is -1.11. The van der Waals surface area contributed by atoms with Crippen molar-refractivity contribution in [2.45, 2.75) is 32.2 Å². The topological polar surface area (TPSA) is 84.9 Å². The van der Waals surface area contributed by atoms with Gasteiger partial charge in [-0.2, -0.15) is 0 Å². The van der Waals surface area contributed by atoms with E-state index >= 15 is 0 Å². The van der Waals surface area contributed by atoms with Crippen molar-refractivity contribution in [1.82, 2.24) is 5.32 Å². The Labute approximate surface area is 146 Å². The van der Waals surface area contributed by atoms with E-state index in [0.29, 0.717) is 24.5 Å². The second kappa shape index (κ2) is 9.82. The molecule has 6 nitrogen and oxygen atoms in total. The molecule has 24 heavy (non-hydrogen) atoms. The number of ether oxygens (including phenoxy) is 2. The molecule has 0 saturated carbocycles. The number of nitrogens with one attached hydrogen (secondary N) is 1. The van der Waals surface area contributed by atoms with E-state index in [0.717, 1.165) is 6.42 Å². The van der Waals surface area contributed by atoms with Crippen molar-refractivity contribution >= 4 is 23.5 Å². The number of hydrogen-bond acceptors (Lipinski definition) is 4. The first-order valence-electron chi connectivity index (χ1n) is 7.59. The van der Waals surface area contributed by atoms with Crippen molar-refractivity contribution < 1.29 is 24.2 Å². The lowest BCUT2D eigenvalue weighted by Gasteiger charge is -2.16. The smallest absolute Gasteiger partial charge is 0.326 e. The molecule has 0 aliphatic carbocycles. The number of carboxylic acid groups (broad SMARTS) is 1. The first-order valence-corrected chi connectivity index (χ1v) is 7.97. The van der Waals surface area contributed by atoms with Crippen LogP contribution in [0, 0.1) is 0 Å². The molecule has 0 bridgehead atoms. The number of aliphatic carboxylic acids is 1. The summed E-state index contributed by atoms with van der Waals surface area (Å²) in [6.45, 7) is 5.96. The van der Waals surface area contributed by atoms with Gasteiger partial charge in [0.2, 0.25) is 0 Å². The lowest BCUT2D eigenvalue weighted by atomic mass is 10.1. The van der Waals surface area contributed by atoms with E-state index in [-0.39, 0.29) is 17.0 Å². The van der Waals surface area contributed by atoms with Crippen LogP contribution in [0.1, 0.15) is 36.5 Å². The monoisotopic (exact) mass is 355 g/mol. The number of carbonyl (C=O) groups excluding carboxylic acids is 1. The fourth-order valence-corrected chi connectivity index (χ4v) is 2.24. The van der Waals surface area contributed by atoms with Crippen LogP contribution in [0.15, 0.2) is 24.8 Å². The quantitative estimate of drug-likeness (QED) is 0.629. The van der Waals surface area contributed by atoms with E-state index < -0.39 is 17.9 Å². The fraction of sp³-hybridized carbons (Fsp3) is 0.412. The van der Waals surface area contributed by atoms with E-state index in [2.05, 4.69) is 11.9 Å². The Balaban J connectivity index is 2.99. The number of allylic oxidation sites excluding steroid dienone is 1. The number of benzene rings is 1. The average Bonchev–Trinajstić information content (AvgIpc) is 2.56. The number of amides is 1. The van der Waals surface area contributed by atoms with Gasteiger partial charge in [0.1, 0.15) is 6.04 Å². The van der Waals surface area contributed by atoms with Gasteiger partial charge in [-0.3, -0.25) is 4.79 Å². The van der Waals surface area contributed by atoms with Gasteiger partial charge in [-0.1, -0.05) is 24.6 Å². The van der Waals surface area contributed by atoms with Crippen LogP contribution in [-0.2, 0) is 4.79 Å². The van der Waals surface area contributed by atoms with Crippen LogP contribution < -0.4 is 14.8 Å². The fourth-order valence-electron chi connectivity index (χ4n) is 1.98. The Morgan fingerprint density at radius 1 is 1.46 bits per heavy atom. The maximum absolute atomic E-state index is 12.3. The van der Waals surface area contributed by atoms with E-state index in [4.69, 9.17) is 21.1 Å². The molecule has 2 N–H and O–H groups in total. The minimum Gasteiger partial charge on any atom is -0.493 e. The predicted octanol–water partition coefficient (Wildman–Crippen LogP) is 3.29. The van der Waals surface area contributed by atoms with E-state index in [9.17, 15) is 14.7 Å². The SMILES string of the molecule is C=CCCC(NC(=O)c1cc(Cl)c(OCCC)c(OC)c1)C(=O)O. The van der Waals surface area contributed by atoms with Gasteiger partial charge in [0, 0.05) is 5.56 Å². The highest BCUT2D eigenvalue weighted by atomic mass is 35.5. The zero-order valence-electron chi connectivity index (χ0n) is 13.8. The lowest BCUT2D eigenvalue weighted by molar-refractivity contribution is -0.139. The lowest BCUT2D eigenvalue weighted by Crippen LogP contribution is -2.40. The molecule has 1 atom stereocenters. The van der Waals surface area contributed by atoms with Gasteiger partial charge < -0.3 is 19.9 Å². The summed E-state index contributed by atoms with van der Waals surface area (Å²) in [7, 11) is 1.44. The molecule has 132 valence electrons. The van der Waals surface area contributed by atoms with Gasteiger partial charge in [-0.25, -0.2) is 4.79 Å². The minimum absolute atomic E-state index is 0.200. The highest BCUT2D eigenvalue weighted by Crippen LogP contribution is 2.36. The maximum Gasteiger partial charge on any atom is 0.326 e. The molecular weight excluding hydrogens is 334 g/mol. The molecule has 0 heterocycles. The van der Waals surface area contributed by atoms with Crippen molar-refractivity contribution in [1.29, 1.82) is 0 Å². The van der Waals surface area contributed by atoms with Gasteiger partial charge in [-0.05, 0) is 31.4 Å². The summed E-state index contributed by atoms with van der Waals surface area (Å²) >= 11 is 6.16. The molecule has 0 radical (unpaired) electrons. The zero-order valence-corrected chi connectivity index (χ0v) is 14.6. The van der Waals surface area contributed by atoms with Crippen LogP contribution in [0.5, 0.6) is 11.5 Å². The standard InChI is InChI=1S/C17H22ClNO5/c1-4-6-7-13(17(21)22)19-16(20)11-9-12(18)15(24-8-5-2)14(10-11)23-3/h4,9-10,13H,1,5-8H2,2-3H3,(H,19,20)(H,21,22). The number of carboxylic acids is 1. The van der Waals surface area contributed by atoms with Crippen LogP contribution >= 0.6 is 11.6 Å². The zero-order chi connectivity index (χ0) is 18.1. The van der Waals surface area contributed by atoms with E-state index in [1.807, 2.05) is 6.92 Å². The Hall–Kier alpha value is -2.21. The highest BCUT2D eigenvalue weighted by molar-refractivity contribution is 6.32. The number of methoxy groups -OCH3 is 1. The van der Waals surface area contributed by atoms with Crippen LogP contribution in [0.25, 0.3) is 0 Å². The molecule has 0 saturated heterocycles. The van der Waals surface area contributed by atoms with Gasteiger partial charge >= 0.3 is 5.97 Å². The molecule has 1 aromatic rings. The maximum atomic E-state index is 12.3. The summed E-state index contributed by atoms with van der Waals surface area (Å²) in [6, 6.07) is 1.89. The number of rotatable bonds is 10. The van der Waals surface area contributed by atoms with Crippen LogP contribution in [-0.4, -0.2) is 36.7 Å². The Morgan fingerprint density at radius 3 is 2.71 bits per heavy atom. The number of carbonyl (C=O) groups is 2. The molecule has 0 aliphatic heterocycles. The summed E-state index contributed by atoms with van der Waals surface area (Å²) in [5.41, 5.74) is 0.200. The third-order valence-corrected chi connectivity index (χ3v) is 3.49. The number of hydrogen-bond donors (Lipinski definition) is 2. The van der Waals surface area contributed by atoms with Crippen molar-refractivity contribution in [3.63, 3.8) is 0 Å². The van der Waals surface area contributed by atoms with Crippen molar-refractivity contribution in [3.8, 4) is 11.5 Å². The van der Waals surface area contributed by atoms with Gasteiger partial charge in [-0.15, -0.1) is 6.58 Å². The van der Waals surface area contributed by atoms with Crippen molar-refractivity contribution in [2.24, 2.45) is 0 Å². The summed E-state index contributed by atoms with van der Waals surface area (Å²) in [6.07, 6.45) is 3.13. The third kappa shape index (κ3) is 5.45. The van der Waals surface area contributed by atoms with Gasteiger partial charge in [0.25, 0.3) is 5.91 Å². The van der Waals surface area contributed by atoms with Gasteiger partial charge in [0.15, 0.2) is 11.5 Å². The Kier molecular flexibility index (Phi) is 8.12. The average molecular weight is 356 g/mol. The second-order valence-electron chi connectivity index (χ2n) is 5.07. The molecule has 1 rings (SSSR count). The summed E-state index contributed by atoms with van der Waals surface area (Å²) < 4.78 is 10.7. The van der Waals surface area contributed by atoms with Crippen molar-refractivity contribution in [2.75, 3.05) is 13.7 Å². The van der Waals surface area contributed by atoms with Crippen LogP contribution in [0.4, 0.5) is 0 Å². The third-order valence-electron chi connectivity index (χ3n) is 3.21.